The van der Waals surface area contributed by atoms with Gasteiger partial charge in [-0.3, -0.25) is 4.90 Å². The highest BCUT2D eigenvalue weighted by atomic mass is 32.2. The molecule has 1 fully saturated rings. The molecule has 1 rings (SSSR count). The van der Waals surface area contributed by atoms with Gasteiger partial charge in [0.15, 0.2) is 0 Å². The fourth-order valence-corrected chi connectivity index (χ4v) is 4.14. The van der Waals surface area contributed by atoms with Crippen molar-refractivity contribution >= 4 is 10.0 Å². The molecule has 0 spiro atoms. The molecule has 1 heterocycles. The van der Waals surface area contributed by atoms with Crippen LogP contribution in [0.1, 0.15) is 40.0 Å². The first-order valence-electron chi connectivity index (χ1n) is 7.83. The second-order valence-electron chi connectivity index (χ2n) is 5.76. The summed E-state index contributed by atoms with van der Waals surface area (Å²) in [4.78, 5) is 2.38. The van der Waals surface area contributed by atoms with Crippen molar-refractivity contribution in [2.24, 2.45) is 0 Å². The van der Waals surface area contributed by atoms with Gasteiger partial charge in [0, 0.05) is 26.2 Å². The molecule has 0 bridgehead atoms. The molecular formula is C14H31N3O2S. The summed E-state index contributed by atoms with van der Waals surface area (Å²) in [6.07, 6.45) is 3.31. The van der Waals surface area contributed by atoms with Crippen molar-refractivity contribution in [3.8, 4) is 0 Å². The largest absolute Gasteiger partial charge is 0.315 e. The number of sulfonamides is 1. The van der Waals surface area contributed by atoms with E-state index in [1.807, 2.05) is 0 Å². The molecule has 1 aliphatic heterocycles. The van der Waals surface area contributed by atoms with Gasteiger partial charge in [0.1, 0.15) is 0 Å². The average molecular weight is 305 g/mol. The minimum atomic E-state index is -3.19. The van der Waals surface area contributed by atoms with Crippen molar-refractivity contribution in [1.82, 2.24) is 14.5 Å². The van der Waals surface area contributed by atoms with E-state index in [9.17, 15) is 8.42 Å². The predicted molar refractivity (Wildman–Crippen MR) is 84.4 cm³/mol. The van der Waals surface area contributed by atoms with Gasteiger partial charge in [-0.1, -0.05) is 13.8 Å². The maximum absolute atomic E-state index is 12.5. The first kappa shape index (κ1) is 17.9. The number of hydrogen-bond acceptors (Lipinski definition) is 4. The van der Waals surface area contributed by atoms with Crippen LogP contribution in [0, 0.1) is 0 Å². The zero-order valence-electron chi connectivity index (χ0n) is 13.4. The molecule has 20 heavy (non-hydrogen) atoms. The molecule has 0 radical (unpaired) electrons. The summed E-state index contributed by atoms with van der Waals surface area (Å²) in [6, 6.07) is 0.385. The first-order chi connectivity index (χ1) is 9.43. The van der Waals surface area contributed by atoms with Gasteiger partial charge in [-0.15, -0.1) is 0 Å². The van der Waals surface area contributed by atoms with E-state index in [1.54, 1.807) is 18.3 Å². The number of likely N-dealkylation sites (N-methyl/N-ethyl adjacent to an activating group) is 2. The van der Waals surface area contributed by atoms with Crippen molar-refractivity contribution in [2.45, 2.75) is 51.3 Å². The van der Waals surface area contributed by atoms with Crippen molar-refractivity contribution in [3.63, 3.8) is 0 Å². The van der Waals surface area contributed by atoms with Crippen molar-refractivity contribution in [3.05, 3.63) is 0 Å². The number of hydrogen-bond donors (Lipinski definition) is 1. The van der Waals surface area contributed by atoms with E-state index in [-0.39, 0.29) is 5.25 Å². The zero-order valence-corrected chi connectivity index (χ0v) is 14.2. The summed E-state index contributed by atoms with van der Waals surface area (Å²) < 4.78 is 26.5. The van der Waals surface area contributed by atoms with E-state index in [0.29, 0.717) is 19.1 Å². The summed E-state index contributed by atoms with van der Waals surface area (Å²) in [5.74, 6) is 0. The van der Waals surface area contributed by atoms with E-state index >= 15 is 0 Å². The van der Waals surface area contributed by atoms with E-state index < -0.39 is 10.0 Å². The van der Waals surface area contributed by atoms with Gasteiger partial charge in [-0.2, -0.15) is 0 Å². The highest BCUT2D eigenvalue weighted by molar-refractivity contribution is 7.89. The lowest BCUT2D eigenvalue weighted by Crippen LogP contribution is -2.45. The third-order valence-electron chi connectivity index (χ3n) is 4.17. The van der Waals surface area contributed by atoms with Crippen LogP contribution in [0.2, 0.25) is 0 Å². The lowest BCUT2D eigenvalue weighted by molar-refractivity contribution is 0.237. The fourth-order valence-electron chi connectivity index (χ4n) is 2.81. The zero-order chi connectivity index (χ0) is 15.2. The van der Waals surface area contributed by atoms with Gasteiger partial charge >= 0.3 is 0 Å². The maximum atomic E-state index is 12.5. The number of nitrogens with one attached hydrogen (secondary N) is 1. The monoisotopic (exact) mass is 305 g/mol. The third-order valence-corrected chi connectivity index (χ3v) is 6.38. The Kier molecular flexibility index (Phi) is 7.43. The second kappa shape index (κ2) is 8.32. The lowest BCUT2D eigenvalue weighted by Gasteiger charge is -2.29. The topological polar surface area (TPSA) is 52.7 Å². The predicted octanol–water partition coefficient (Wildman–Crippen LogP) is 1.12. The Morgan fingerprint density at radius 2 is 2.10 bits per heavy atom. The van der Waals surface area contributed by atoms with Gasteiger partial charge in [-0.25, -0.2) is 12.7 Å². The van der Waals surface area contributed by atoms with Crippen molar-refractivity contribution < 1.29 is 8.42 Å². The molecule has 0 aliphatic carbocycles. The number of likely N-dealkylation sites (tertiary alicyclic amines) is 1. The molecule has 0 aromatic heterocycles. The summed E-state index contributed by atoms with van der Waals surface area (Å²) in [5, 5.41) is 2.83. The molecule has 120 valence electrons. The molecule has 1 aliphatic rings. The Bertz CT molecular complexity index is 373. The molecular weight excluding hydrogens is 274 g/mol. The van der Waals surface area contributed by atoms with E-state index in [4.69, 9.17) is 0 Å². The van der Waals surface area contributed by atoms with E-state index in [0.717, 1.165) is 32.5 Å². The van der Waals surface area contributed by atoms with Gasteiger partial charge < -0.3 is 5.32 Å². The van der Waals surface area contributed by atoms with Crippen molar-refractivity contribution in [1.29, 1.82) is 0 Å². The maximum Gasteiger partial charge on any atom is 0.217 e. The van der Waals surface area contributed by atoms with Crippen LogP contribution >= 0.6 is 0 Å². The summed E-state index contributed by atoms with van der Waals surface area (Å²) in [5.41, 5.74) is 0. The van der Waals surface area contributed by atoms with Gasteiger partial charge in [0.2, 0.25) is 10.0 Å². The molecule has 2 unspecified atom stereocenters. The Balaban J connectivity index is 2.53. The Morgan fingerprint density at radius 1 is 1.40 bits per heavy atom. The molecule has 1 N–H and O–H groups in total. The normalized spacial score (nSPS) is 22.6. The fraction of sp³-hybridized carbons (Fsp3) is 1.00. The van der Waals surface area contributed by atoms with Gasteiger partial charge in [0.05, 0.1) is 5.25 Å². The van der Waals surface area contributed by atoms with E-state index in [1.165, 1.54) is 6.42 Å². The smallest absolute Gasteiger partial charge is 0.217 e. The van der Waals surface area contributed by atoms with Gasteiger partial charge in [0.25, 0.3) is 0 Å². The Morgan fingerprint density at radius 3 is 2.70 bits per heavy atom. The highest BCUT2D eigenvalue weighted by Crippen LogP contribution is 2.19. The summed E-state index contributed by atoms with van der Waals surface area (Å²) in [6.45, 7) is 10.1. The van der Waals surface area contributed by atoms with Gasteiger partial charge in [-0.05, 0) is 45.8 Å². The molecule has 0 saturated carbocycles. The molecule has 6 heteroatoms. The highest BCUT2D eigenvalue weighted by Gasteiger charge is 2.31. The lowest BCUT2D eigenvalue weighted by atomic mass is 10.2. The molecule has 2 atom stereocenters. The van der Waals surface area contributed by atoms with Crippen LogP contribution < -0.4 is 5.32 Å². The van der Waals surface area contributed by atoms with E-state index in [2.05, 4.69) is 24.1 Å². The minimum absolute atomic E-state index is 0.365. The van der Waals surface area contributed by atoms with Crippen molar-refractivity contribution in [2.75, 3.05) is 39.8 Å². The first-order valence-corrected chi connectivity index (χ1v) is 9.33. The standard InChI is InChI=1S/C14H31N3O2S/c1-5-9-15-11-13(3)20(18,19)16(4)12-14-8-7-10-17(14)6-2/h13-15H,5-12H2,1-4H3. The van der Waals surface area contributed by atoms with Crippen LogP contribution in [0.25, 0.3) is 0 Å². The number of nitrogens with zero attached hydrogens (tertiary/aromatic N) is 2. The SMILES string of the molecule is CCCNCC(C)S(=O)(=O)N(C)CC1CCCN1CC. The van der Waals surface area contributed by atoms with Crippen LogP contribution in [0.15, 0.2) is 0 Å². The Labute approximate surface area is 124 Å². The molecule has 0 aromatic rings. The minimum Gasteiger partial charge on any atom is -0.315 e. The van der Waals surface area contributed by atoms with Crippen LogP contribution in [0.5, 0.6) is 0 Å². The molecule has 0 amide bonds. The number of rotatable bonds is 9. The third kappa shape index (κ3) is 4.69. The van der Waals surface area contributed by atoms with Crippen LogP contribution in [0.3, 0.4) is 0 Å². The second-order valence-corrected chi connectivity index (χ2v) is 8.22. The van der Waals surface area contributed by atoms with Crippen LogP contribution in [-0.4, -0.2) is 68.7 Å². The molecule has 5 nitrogen and oxygen atoms in total. The Hall–Kier alpha value is -0.170. The quantitative estimate of drug-likeness (QED) is 0.649. The van der Waals surface area contributed by atoms with Crippen LogP contribution in [-0.2, 0) is 10.0 Å². The van der Waals surface area contributed by atoms with Crippen LogP contribution in [0.4, 0.5) is 0 Å². The summed E-state index contributed by atoms with van der Waals surface area (Å²) >= 11 is 0. The summed E-state index contributed by atoms with van der Waals surface area (Å²) in [7, 11) is -1.47. The average Bonchev–Trinajstić information content (AvgIpc) is 2.85. The molecule has 0 aromatic carbocycles. The molecule has 1 saturated heterocycles.